The van der Waals surface area contributed by atoms with Crippen molar-refractivity contribution < 1.29 is 4.79 Å². The van der Waals surface area contributed by atoms with Crippen LogP contribution in [0.3, 0.4) is 0 Å². The first-order valence-corrected chi connectivity index (χ1v) is 6.59. The van der Waals surface area contributed by atoms with Crippen molar-refractivity contribution in [2.45, 2.75) is 6.92 Å². The van der Waals surface area contributed by atoms with Crippen molar-refractivity contribution in [3.63, 3.8) is 0 Å². The van der Waals surface area contributed by atoms with Crippen molar-refractivity contribution in [3.8, 4) is 10.4 Å². The summed E-state index contributed by atoms with van der Waals surface area (Å²) in [4.78, 5) is 16.9. The highest BCUT2D eigenvalue weighted by Crippen LogP contribution is 2.27. The van der Waals surface area contributed by atoms with Gasteiger partial charge in [0.25, 0.3) is 5.91 Å². The van der Waals surface area contributed by atoms with Gasteiger partial charge in [-0.15, -0.1) is 23.7 Å². The number of nitrogens with one attached hydrogen (secondary N) is 1. The molecule has 0 saturated carbocycles. The third kappa shape index (κ3) is 3.76. The fourth-order valence-corrected chi connectivity index (χ4v) is 2.38. The molecule has 19 heavy (non-hydrogen) atoms. The van der Waals surface area contributed by atoms with Crippen LogP contribution in [0.4, 0.5) is 0 Å². The Hall–Kier alpha value is -1.43. The Kier molecular flexibility index (Phi) is 5.95. The molecule has 0 aliphatic heterocycles. The standard InChI is InChI=1S/C13H15N3OS.ClH/c1-9-2-4-10(5-3-9)12-11(16-8-18-12)13(17)15-7-6-14;/h2-5,8H,6-7,14H2,1H3,(H,15,17);1H. The second-order valence-electron chi connectivity index (χ2n) is 3.94. The SMILES string of the molecule is Cc1ccc(-c2scnc2C(=O)NCCN)cc1.Cl. The van der Waals surface area contributed by atoms with Crippen LogP contribution < -0.4 is 11.1 Å². The highest BCUT2D eigenvalue weighted by Gasteiger charge is 2.15. The molecule has 1 aromatic carbocycles. The van der Waals surface area contributed by atoms with Gasteiger partial charge in [-0.25, -0.2) is 4.98 Å². The molecule has 4 nitrogen and oxygen atoms in total. The molecule has 1 amide bonds. The van der Waals surface area contributed by atoms with E-state index in [9.17, 15) is 4.79 Å². The predicted octanol–water partition coefficient (Wildman–Crippen LogP) is 2.23. The Balaban J connectivity index is 0.00000180. The molecular weight excluding hydrogens is 282 g/mol. The number of nitrogens with two attached hydrogens (primary N) is 1. The van der Waals surface area contributed by atoms with Gasteiger partial charge in [-0.05, 0) is 12.5 Å². The zero-order valence-corrected chi connectivity index (χ0v) is 12.2. The number of halogens is 1. The molecule has 0 radical (unpaired) electrons. The summed E-state index contributed by atoms with van der Waals surface area (Å²) in [6.07, 6.45) is 0. The maximum atomic E-state index is 11.9. The lowest BCUT2D eigenvalue weighted by Crippen LogP contribution is -2.29. The lowest BCUT2D eigenvalue weighted by Gasteiger charge is -2.04. The van der Waals surface area contributed by atoms with E-state index in [1.54, 1.807) is 5.51 Å². The highest BCUT2D eigenvalue weighted by atomic mass is 35.5. The minimum absolute atomic E-state index is 0. The van der Waals surface area contributed by atoms with Crippen molar-refractivity contribution in [2.24, 2.45) is 5.73 Å². The lowest BCUT2D eigenvalue weighted by atomic mass is 10.1. The minimum atomic E-state index is -0.169. The smallest absolute Gasteiger partial charge is 0.271 e. The molecule has 0 saturated heterocycles. The van der Waals surface area contributed by atoms with Crippen LogP contribution >= 0.6 is 23.7 Å². The Morgan fingerprint density at radius 3 is 2.68 bits per heavy atom. The molecule has 0 bridgehead atoms. The van der Waals surface area contributed by atoms with E-state index in [1.165, 1.54) is 16.9 Å². The number of benzene rings is 1. The predicted molar refractivity (Wildman–Crippen MR) is 80.9 cm³/mol. The number of amides is 1. The first-order chi connectivity index (χ1) is 8.72. The molecule has 0 unspecified atom stereocenters. The van der Waals surface area contributed by atoms with Crippen molar-refractivity contribution >= 4 is 29.7 Å². The molecule has 0 aliphatic rings. The molecule has 2 rings (SSSR count). The van der Waals surface area contributed by atoms with E-state index < -0.39 is 0 Å². The van der Waals surface area contributed by atoms with Crippen molar-refractivity contribution in [3.05, 3.63) is 41.0 Å². The summed E-state index contributed by atoms with van der Waals surface area (Å²) < 4.78 is 0. The Morgan fingerprint density at radius 1 is 1.37 bits per heavy atom. The molecule has 1 heterocycles. The lowest BCUT2D eigenvalue weighted by molar-refractivity contribution is 0.0951. The molecular formula is C13H16ClN3OS. The van der Waals surface area contributed by atoms with Gasteiger partial charge in [-0.3, -0.25) is 4.79 Å². The van der Waals surface area contributed by atoms with Crippen molar-refractivity contribution in [1.82, 2.24) is 10.3 Å². The summed E-state index contributed by atoms with van der Waals surface area (Å²) in [5.41, 5.74) is 9.73. The maximum Gasteiger partial charge on any atom is 0.271 e. The van der Waals surface area contributed by atoms with E-state index in [1.807, 2.05) is 31.2 Å². The van der Waals surface area contributed by atoms with Gasteiger partial charge >= 0.3 is 0 Å². The largest absolute Gasteiger partial charge is 0.349 e. The van der Waals surface area contributed by atoms with Crippen LogP contribution in [0, 0.1) is 6.92 Å². The molecule has 1 aromatic heterocycles. The van der Waals surface area contributed by atoms with Crippen LogP contribution in [-0.4, -0.2) is 24.0 Å². The molecule has 102 valence electrons. The summed E-state index contributed by atoms with van der Waals surface area (Å²) in [6.45, 7) is 2.92. The molecule has 0 spiro atoms. The zero-order valence-electron chi connectivity index (χ0n) is 10.6. The van der Waals surface area contributed by atoms with Crippen LogP contribution in [0.5, 0.6) is 0 Å². The number of thiazole rings is 1. The molecule has 0 aliphatic carbocycles. The van der Waals surface area contributed by atoms with E-state index in [0.29, 0.717) is 18.8 Å². The van der Waals surface area contributed by atoms with Crippen molar-refractivity contribution in [2.75, 3.05) is 13.1 Å². The van der Waals surface area contributed by atoms with E-state index >= 15 is 0 Å². The van der Waals surface area contributed by atoms with Crippen molar-refractivity contribution in [1.29, 1.82) is 0 Å². The second-order valence-corrected chi connectivity index (χ2v) is 4.80. The van der Waals surface area contributed by atoms with Gasteiger partial charge in [0.05, 0.1) is 10.4 Å². The number of aryl methyl sites for hydroxylation is 1. The Bertz CT molecular complexity index is 539. The molecule has 0 atom stereocenters. The first kappa shape index (κ1) is 15.6. The number of nitrogens with zero attached hydrogens (tertiary/aromatic N) is 1. The Labute approximate surface area is 122 Å². The summed E-state index contributed by atoms with van der Waals surface area (Å²) in [6, 6.07) is 8.05. The van der Waals surface area contributed by atoms with Gasteiger partial charge in [0.2, 0.25) is 0 Å². The van der Waals surface area contributed by atoms with Crippen LogP contribution in [-0.2, 0) is 0 Å². The average Bonchev–Trinajstić information content (AvgIpc) is 2.86. The molecule has 0 fully saturated rings. The minimum Gasteiger partial charge on any atom is -0.349 e. The topological polar surface area (TPSA) is 68.0 Å². The van der Waals surface area contributed by atoms with E-state index in [-0.39, 0.29) is 18.3 Å². The summed E-state index contributed by atoms with van der Waals surface area (Å²) in [5, 5.41) is 2.74. The molecule has 2 aromatic rings. The van der Waals surface area contributed by atoms with E-state index in [4.69, 9.17) is 5.73 Å². The van der Waals surface area contributed by atoms with Crippen LogP contribution in [0.25, 0.3) is 10.4 Å². The zero-order chi connectivity index (χ0) is 13.0. The number of rotatable bonds is 4. The first-order valence-electron chi connectivity index (χ1n) is 5.71. The number of aromatic nitrogens is 1. The van der Waals surface area contributed by atoms with Gasteiger partial charge in [-0.2, -0.15) is 0 Å². The number of hydrogen-bond acceptors (Lipinski definition) is 4. The normalized spacial score (nSPS) is 9.79. The summed E-state index contributed by atoms with van der Waals surface area (Å²) in [5.74, 6) is -0.169. The van der Waals surface area contributed by atoms with E-state index in [0.717, 1.165) is 10.4 Å². The summed E-state index contributed by atoms with van der Waals surface area (Å²) in [7, 11) is 0. The van der Waals surface area contributed by atoms with E-state index in [2.05, 4.69) is 10.3 Å². The third-order valence-corrected chi connectivity index (χ3v) is 3.40. The van der Waals surface area contributed by atoms with Gasteiger partial charge in [0.15, 0.2) is 0 Å². The third-order valence-electron chi connectivity index (χ3n) is 2.53. The van der Waals surface area contributed by atoms with Crippen LogP contribution in [0.1, 0.15) is 16.1 Å². The Morgan fingerprint density at radius 2 is 2.05 bits per heavy atom. The number of carbonyl (C=O) groups excluding carboxylic acids is 1. The monoisotopic (exact) mass is 297 g/mol. The maximum absolute atomic E-state index is 11.9. The van der Waals surface area contributed by atoms with Gasteiger partial charge < -0.3 is 11.1 Å². The fourth-order valence-electron chi connectivity index (χ4n) is 1.59. The van der Waals surface area contributed by atoms with Gasteiger partial charge in [-0.1, -0.05) is 29.8 Å². The molecule has 6 heteroatoms. The fraction of sp³-hybridized carbons (Fsp3) is 0.231. The van der Waals surface area contributed by atoms with Crippen LogP contribution in [0.15, 0.2) is 29.8 Å². The highest BCUT2D eigenvalue weighted by molar-refractivity contribution is 7.13. The summed E-state index contributed by atoms with van der Waals surface area (Å²) >= 11 is 1.47. The van der Waals surface area contributed by atoms with Gasteiger partial charge in [0.1, 0.15) is 5.69 Å². The number of carbonyl (C=O) groups is 1. The van der Waals surface area contributed by atoms with Gasteiger partial charge in [0, 0.05) is 13.1 Å². The molecule has 3 N–H and O–H groups in total. The quantitative estimate of drug-likeness (QED) is 0.909. The second kappa shape index (κ2) is 7.23. The van der Waals surface area contributed by atoms with Crippen LogP contribution in [0.2, 0.25) is 0 Å². The number of hydrogen-bond donors (Lipinski definition) is 2. The average molecular weight is 298 g/mol.